The molecular weight excluding hydrogens is 779 g/mol. The van der Waals surface area contributed by atoms with Gasteiger partial charge in [-0.1, -0.05) is 200 Å². The number of hydrogen-bond acceptors (Lipinski definition) is 3. The summed E-state index contributed by atoms with van der Waals surface area (Å²) in [7, 11) is 0. The molecule has 3 aliphatic rings. The van der Waals surface area contributed by atoms with E-state index >= 15 is 0 Å². The summed E-state index contributed by atoms with van der Waals surface area (Å²) < 4.78 is 14.7. The molecule has 0 atom stereocenters. The molecule has 64 heavy (non-hydrogen) atoms. The third kappa shape index (κ3) is 5.28. The van der Waals surface area contributed by atoms with Crippen LogP contribution in [-0.4, -0.2) is 0 Å². The van der Waals surface area contributed by atoms with E-state index < -0.39 is 5.41 Å². The van der Waals surface area contributed by atoms with Crippen molar-refractivity contribution in [2.75, 3.05) is 4.90 Å². The Morgan fingerprint density at radius 3 is 1.41 bits per heavy atom. The summed E-state index contributed by atoms with van der Waals surface area (Å²) in [5.41, 5.74) is 18.7. The van der Waals surface area contributed by atoms with Gasteiger partial charge in [-0.2, -0.15) is 0 Å². The summed E-state index contributed by atoms with van der Waals surface area (Å²) in [6.45, 7) is 0. The molecule has 0 fully saturated rings. The lowest BCUT2D eigenvalue weighted by Crippen LogP contribution is -2.27. The quantitative estimate of drug-likeness (QED) is 0.167. The second kappa shape index (κ2) is 14.3. The van der Waals surface area contributed by atoms with E-state index in [0.717, 1.165) is 67.3 Å². The first-order valence-corrected chi connectivity index (χ1v) is 21.9. The molecule has 0 unspecified atom stereocenters. The molecule has 0 N–H and O–H groups in total. The molecule has 0 aromatic heterocycles. The highest BCUT2D eigenvalue weighted by Crippen LogP contribution is 2.68. The Morgan fingerprint density at radius 2 is 0.766 bits per heavy atom. The van der Waals surface area contributed by atoms with Gasteiger partial charge in [-0.25, -0.2) is 0 Å². The molecule has 1 spiro atoms. The Morgan fingerprint density at radius 1 is 0.281 bits per heavy atom. The molecule has 0 radical (unpaired) electrons. The van der Waals surface area contributed by atoms with E-state index in [0.29, 0.717) is 17.2 Å². The van der Waals surface area contributed by atoms with Crippen LogP contribution in [0.3, 0.4) is 0 Å². The highest BCUT2D eigenvalue weighted by molar-refractivity contribution is 5.99. The molecule has 0 bridgehead atoms. The lowest BCUT2D eigenvalue weighted by molar-refractivity contribution is 0.355. The van der Waals surface area contributed by atoms with Crippen LogP contribution in [0.2, 0.25) is 0 Å². The van der Waals surface area contributed by atoms with Gasteiger partial charge >= 0.3 is 0 Å². The Labute approximate surface area is 372 Å². The van der Waals surface area contributed by atoms with Crippen molar-refractivity contribution >= 4 is 17.1 Å². The van der Waals surface area contributed by atoms with E-state index in [1.807, 2.05) is 6.07 Å². The Hall–Kier alpha value is -8.40. The zero-order chi connectivity index (χ0) is 42.2. The molecule has 2 aliphatic carbocycles. The van der Waals surface area contributed by atoms with Crippen molar-refractivity contribution in [1.29, 1.82) is 0 Å². The van der Waals surface area contributed by atoms with Gasteiger partial charge in [-0.15, -0.1) is 0 Å². The standard InChI is InChI=1S/C61H39NO2/c1-4-19-40(20-5-1)43-35-37-54(49(39-43)42-23-8-3-9-24-42)62(53-32-17-13-25-44(53)41-21-6-2-7-22-41)55-33-18-34-56-59(55)64-60-57(63-56)38-36-48-47-28-12-16-31-52(47)61(58(48)60)50-29-14-10-26-45(50)46-27-11-15-30-51(46)61/h1-39H. The van der Waals surface area contributed by atoms with Gasteiger partial charge in [0.1, 0.15) is 0 Å². The van der Waals surface area contributed by atoms with Crippen LogP contribution in [0.1, 0.15) is 22.3 Å². The minimum atomic E-state index is -0.617. The molecule has 3 heteroatoms. The first-order valence-electron chi connectivity index (χ1n) is 21.9. The SMILES string of the molecule is c1ccc(-c2ccc(N(c3ccccc3-c3ccccc3)c3cccc4c3Oc3c(ccc5c3C3(c6ccccc6-c6ccccc63)c3ccccc3-5)O4)c(-c3ccccc3)c2)cc1. The van der Waals surface area contributed by atoms with E-state index in [1.54, 1.807) is 0 Å². The molecule has 13 rings (SSSR count). The molecule has 10 aromatic rings. The molecule has 300 valence electrons. The number of hydrogen-bond donors (Lipinski definition) is 0. The van der Waals surface area contributed by atoms with Crippen molar-refractivity contribution in [3.63, 3.8) is 0 Å². The highest BCUT2D eigenvalue weighted by Gasteiger charge is 2.54. The zero-order valence-electron chi connectivity index (χ0n) is 34.8. The summed E-state index contributed by atoms with van der Waals surface area (Å²) in [6, 6.07) is 84.7. The largest absolute Gasteiger partial charge is 0.449 e. The van der Waals surface area contributed by atoms with Crippen molar-refractivity contribution in [2.45, 2.75) is 5.41 Å². The third-order valence-electron chi connectivity index (χ3n) is 13.4. The van der Waals surface area contributed by atoms with Gasteiger partial charge in [0.25, 0.3) is 0 Å². The lowest BCUT2D eigenvalue weighted by atomic mass is 9.70. The maximum Gasteiger partial charge on any atom is 0.194 e. The van der Waals surface area contributed by atoms with E-state index in [9.17, 15) is 0 Å². The van der Waals surface area contributed by atoms with Crippen LogP contribution in [0.15, 0.2) is 237 Å². The van der Waals surface area contributed by atoms with Crippen LogP contribution in [0, 0.1) is 0 Å². The number of rotatable bonds is 6. The topological polar surface area (TPSA) is 21.7 Å². The van der Waals surface area contributed by atoms with Crippen molar-refractivity contribution < 1.29 is 9.47 Å². The number of ether oxygens (including phenoxy) is 2. The summed E-state index contributed by atoms with van der Waals surface area (Å²) in [5.74, 6) is 2.75. The summed E-state index contributed by atoms with van der Waals surface area (Å²) in [5, 5.41) is 0. The maximum atomic E-state index is 7.64. The molecule has 0 amide bonds. The van der Waals surface area contributed by atoms with Crippen LogP contribution in [-0.2, 0) is 5.41 Å². The minimum Gasteiger partial charge on any atom is -0.449 e. The smallest absolute Gasteiger partial charge is 0.194 e. The monoisotopic (exact) mass is 817 g/mol. The molecule has 10 aromatic carbocycles. The van der Waals surface area contributed by atoms with Gasteiger partial charge in [0, 0.05) is 16.7 Å². The van der Waals surface area contributed by atoms with Crippen LogP contribution < -0.4 is 14.4 Å². The van der Waals surface area contributed by atoms with Gasteiger partial charge in [0.15, 0.2) is 23.0 Å². The summed E-state index contributed by atoms with van der Waals surface area (Å²) in [4.78, 5) is 2.38. The van der Waals surface area contributed by atoms with E-state index in [2.05, 4.69) is 235 Å². The van der Waals surface area contributed by atoms with Crippen LogP contribution in [0.5, 0.6) is 23.0 Å². The average Bonchev–Trinajstić information content (AvgIpc) is 3.84. The second-order valence-corrected chi connectivity index (χ2v) is 16.7. The molecule has 3 nitrogen and oxygen atoms in total. The molecule has 0 saturated carbocycles. The van der Waals surface area contributed by atoms with Crippen LogP contribution in [0.25, 0.3) is 55.6 Å². The van der Waals surface area contributed by atoms with Crippen molar-refractivity contribution in [1.82, 2.24) is 0 Å². The van der Waals surface area contributed by atoms with Gasteiger partial charge in [-0.05, 0) is 97.6 Å². The third-order valence-corrected chi connectivity index (χ3v) is 13.4. The molecule has 0 saturated heterocycles. The predicted molar refractivity (Wildman–Crippen MR) is 260 cm³/mol. The molecular formula is C61H39NO2. The highest BCUT2D eigenvalue weighted by atomic mass is 16.6. The van der Waals surface area contributed by atoms with Crippen molar-refractivity contribution in [2.24, 2.45) is 0 Å². The Kier molecular flexibility index (Phi) is 8.13. The maximum absolute atomic E-state index is 7.64. The second-order valence-electron chi connectivity index (χ2n) is 16.7. The normalized spacial score (nSPS) is 13.1. The van der Waals surface area contributed by atoms with E-state index in [4.69, 9.17) is 9.47 Å². The molecule has 1 aliphatic heterocycles. The number of fused-ring (bicyclic) bond motifs is 13. The van der Waals surface area contributed by atoms with Gasteiger partial charge < -0.3 is 14.4 Å². The number of anilines is 3. The zero-order valence-corrected chi connectivity index (χ0v) is 34.8. The van der Waals surface area contributed by atoms with Crippen molar-refractivity contribution in [3.8, 4) is 78.6 Å². The fourth-order valence-corrected chi connectivity index (χ4v) is 10.7. The fourth-order valence-electron chi connectivity index (χ4n) is 10.7. The Balaban J connectivity index is 1.07. The predicted octanol–water partition coefficient (Wildman–Crippen LogP) is 16.4. The van der Waals surface area contributed by atoms with Gasteiger partial charge in [0.05, 0.1) is 22.5 Å². The van der Waals surface area contributed by atoms with Crippen LogP contribution >= 0.6 is 0 Å². The average molecular weight is 818 g/mol. The van der Waals surface area contributed by atoms with Crippen LogP contribution in [0.4, 0.5) is 17.1 Å². The number of benzene rings is 10. The van der Waals surface area contributed by atoms with Gasteiger partial charge in [-0.3, -0.25) is 0 Å². The van der Waals surface area contributed by atoms with Crippen molar-refractivity contribution in [3.05, 3.63) is 259 Å². The Bertz CT molecular complexity index is 3390. The first-order chi connectivity index (χ1) is 31.8. The summed E-state index contributed by atoms with van der Waals surface area (Å²) in [6.07, 6.45) is 0. The fraction of sp³-hybridized carbons (Fsp3) is 0.0164. The number of para-hydroxylation sites is 2. The number of nitrogens with zero attached hydrogens (tertiary/aromatic N) is 1. The summed E-state index contributed by atoms with van der Waals surface area (Å²) >= 11 is 0. The van der Waals surface area contributed by atoms with Gasteiger partial charge in [0.2, 0.25) is 0 Å². The molecule has 1 heterocycles. The van der Waals surface area contributed by atoms with E-state index in [1.165, 1.54) is 33.4 Å². The van der Waals surface area contributed by atoms with E-state index in [-0.39, 0.29) is 0 Å². The first kappa shape index (κ1) is 36.3. The lowest BCUT2D eigenvalue weighted by Gasteiger charge is -2.35. The minimum absolute atomic E-state index is 0.617.